The van der Waals surface area contributed by atoms with Crippen molar-refractivity contribution in [2.45, 2.75) is 56.1 Å². The summed E-state index contributed by atoms with van der Waals surface area (Å²) < 4.78 is 12.1. The molecule has 26 heavy (non-hydrogen) atoms. The summed E-state index contributed by atoms with van der Waals surface area (Å²) in [5, 5.41) is 9.89. The fraction of sp³-hybridized carbons (Fsp3) is 0.650. The van der Waals surface area contributed by atoms with E-state index in [4.69, 9.17) is 9.47 Å². The number of carboxylic acid groups (broad SMARTS) is 1. The third-order valence-electron chi connectivity index (χ3n) is 7.41. The highest BCUT2D eigenvalue weighted by atomic mass is 16.5. The summed E-state index contributed by atoms with van der Waals surface area (Å²) in [7, 11) is 3.79. The highest BCUT2D eigenvalue weighted by Gasteiger charge is 2.70. The lowest BCUT2D eigenvalue weighted by Gasteiger charge is -2.61. The Bertz CT molecular complexity index is 798. The normalized spacial score (nSPS) is 43.8. The molecule has 3 fully saturated rings. The number of hydrogen-bond acceptors (Lipinski definition) is 5. The van der Waals surface area contributed by atoms with Crippen molar-refractivity contribution in [3.05, 3.63) is 29.3 Å². The van der Waals surface area contributed by atoms with Gasteiger partial charge in [-0.3, -0.25) is 14.6 Å². The van der Waals surface area contributed by atoms with Crippen LogP contribution >= 0.6 is 0 Å². The molecule has 0 spiro atoms. The number of ether oxygens (including phenoxy) is 2. The summed E-state index contributed by atoms with van der Waals surface area (Å²) in [6.07, 6.45) is 1.38. The molecular formula is C20H26N2O4. The summed E-state index contributed by atoms with van der Waals surface area (Å²) in [5.41, 5.74) is 1.86. The summed E-state index contributed by atoms with van der Waals surface area (Å²) in [4.78, 5) is 16.8. The van der Waals surface area contributed by atoms with Crippen LogP contribution in [0, 0.1) is 5.92 Å². The predicted octanol–water partition coefficient (Wildman–Crippen LogP) is 1.67. The molecule has 1 aromatic rings. The van der Waals surface area contributed by atoms with Crippen LogP contribution in [0.25, 0.3) is 0 Å². The zero-order chi connectivity index (χ0) is 18.4. The van der Waals surface area contributed by atoms with Crippen molar-refractivity contribution < 1.29 is 19.4 Å². The van der Waals surface area contributed by atoms with Crippen LogP contribution in [0.3, 0.4) is 0 Å². The Labute approximate surface area is 153 Å². The van der Waals surface area contributed by atoms with E-state index in [0.717, 1.165) is 12.2 Å². The van der Waals surface area contributed by atoms with E-state index >= 15 is 0 Å². The molecule has 4 heterocycles. The first kappa shape index (κ1) is 16.5. The smallest absolute Gasteiger partial charge is 0.308 e. The first-order valence-corrected chi connectivity index (χ1v) is 9.35. The van der Waals surface area contributed by atoms with E-state index in [2.05, 4.69) is 36.8 Å². The van der Waals surface area contributed by atoms with Gasteiger partial charge in [-0.1, -0.05) is 12.1 Å². The van der Waals surface area contributed by atoms with E-state index in [1.807, 2.05) is 12.1 Å². The molecule has 3 saturated heterocycles. The largest absolute Gasteiger partial charge is 0.496 e. The summed E-state index contributed by atoms with van der Waals surface area (Å²) >= 11 is 0. The van der Waals surface area contributed by atoms with Gasteiger partial charge in [-0.15, -0.1) is 0 Å². The van der Waals surface area contributed by atoms with Crippen LogP contribution in [-0.2, 0) is 21.5 Å². The maximum Gasteiger partial charge on any atom is 0.308 e. The molecule has 1 N–H and O–H groups in total. The highest BCUT2D eigenvalue weighted by molar-refractivity contribution is 5.72. The minimum absolute atomic E-state index is 0.0263. The van der Waals surface area contributed by atoms with Gasteiger partial charge in [0.05, 0.1) is 31.2 Å². The number of nitrogens with zero attached hydrogens (tertiary/aromatic N) is 2. The van der Waals surface area contributed by atoms with Crippen molar-refractivity contribution in [2.24, 2.45) is 5.92 Å². The summed E-state index contributed by atoms with van der Waals surface area (Å²) in [6, 6.07) is 6.31. The molecule has 0 aromatic heterocycles. The number of carboxylic acids is 1. The molecule has 0 saturated carbocycles. The van der Waals surface area contributed by atoms with Gasteiger partial charge in [-0.2, -0.15) is 0 Å². The number of rotatable bonds is 2. The van der Waals surface area contributed by atoms with Gasteiger partial charge >= 0.3 is 5.97 Å². The highest BCUT2D eigenvalue weighted by Crippen LogP contribution is 2.59. The zero-order valence-corrected chi connectivity index (χ0v) is 15.7. The second-order valence-corrected chi connectivity index (χ2v) is 8.73. The molecule has 140 valence electrons. The molecule has 5 rings (SSSR count). The van der Waals surface area contributed by atoms with E-state index in [0.29, 0.717) is 13.0 Å². The average molecular weight is 358 g/mol. The lowest BCUT2D eigenvalue weighted by Crippen LogP contribution is -2.74. The lowest BCUT2D eigenvalue weighted by molar-refractivity contribution is -0.162. The molecule has 6 nitrogen and oxygen atoms in total. The van der Waals surface area contributed by atoms with Gasteiger partial charge in [0, 0.05) is 17.1 Å². The van der Waals surface area contributed by atoms with Crippen molar-refractivity contribution in [3.63, 3.8) is 0 Å². The van der Waals surface area contributed by atoms with Crippen LogP contribution in [0.2, 0.25) is 0 Å². The van der Waals surface area contributed by atoms with Crippen molar-refractivity contribution in [1.29, 1.82) is 0 Å². The maximum atomic E-state index is 12.0. The van der Waals surface area contributed by atoms with Gasteiger partial charge in [0.1, 0.15) is 12.0 Å². The van der Waals surface area contributed by atoms with Crippen molar-refractivity contribution in [3.8, 4) is 5.75 Å². The van der Waals surface area contributed by atoms with Gasteiger partial charge in [0.15, 0.2) is 0 Å². The Morgan fingerprint density at radius 2 is 2.15 bits per heavy atom. The number of benzene rings is 1. The monoisotopic (exact) mass is 358 g/mol. The quantitative estimate of drug-likeness (QED) is 0.868. The molecule has 0 amide bonds. The number of fused-ring (bicyclic) bond motifs is 6. The van der Waals surface area contributed by atoms with E-state index in [1.54, 1.807) is 7.11 Å². The molecule has 0 aliphatic carbocycles. The molecule has 4 aliphatic rings. The van der Waals surface area contributed by atoms with Crippen molar-refractivity contribution in [2.75, 3.05) is 20.8 Å². The third-order valence-corrected chi connectivity index (χ3v) is 7.41. The molecule has 0 radical (unpaired) electrons. The number of piperazine rings is 1. The van der Waals surface area contributed by atoms with Crippen LogP contribution in [0.4, 0.5) is 0 Å². The van der Waals surface area contributed by atoms with Gasteiger partial charge in [0.2, 0.25) is 0 Å². The Balaban J connectivity index is 1.74. The van der Waals surface area contributed by atoms with Gasteiger partial charge < -0.3 is 14.6 Å². The predicted molar refractivity (Wildman–Crippen MR) is 95.1 cm³/mol. The molecule has 2 bridgehead atoms. The van der Waals surface area contributed by atoms with Crippen LogP contribution in [-0.4, -0.2) is 65.5 Å². The summed E-state index contributed by atoms with van der Waals surface area (Å²) in [6.45, 7) is 5.07. The van der Waals surface area contributed by atoms with Crippen LogP contribution in [0.15, 0.2) is 18.2 Å². The number of aliphatic carboxylic acids is 1. The minimum Gasteiger partial charge on any atom is -0.496 e. The number of likely N-dealkylation sites (N-methyl/N-ethyl adjacent to an activating group) is 1. The van der Waals surface area contributed by atoms with E-state index in [1.165, 1.54) is 11.1 Å². The molecule has 1 aromatic carbocycles. The van der Waals surface area contributed by atoms with Crippen LogP contribution < -0.4 is 4.74 Å². The Morgan fingerprint density at radius 3 is 2.85 bits per heavy atom. The molecule has 4 unspecified atom stereocenters. The number of carbonyl (C=O) groups is 1. The van der Waals surface area contributed by atoms with E-state index < -0.39 is 5.97 Å². The Kier molecular flexibility index (Phi) is 3.18. The molecule has 6 atom stereocenters. The average Bonchev–Trinajstić information content (AvgIpc) is 3.09. The van der Waals surface area contributed by atoms with E-state index in [-0.39, 0.29) is 35.3 Å². The Hall–Kier alpha value is -1.63. The van der Waals surface area contributed by atoms with Crippen molar-refractivity contribution >= 4 is 5.97 Å². The number of methoxy groups -OCH3 is 1. The fourth-order valence-corrected chi connectivity index (χ4v) is 6.70. The molecule has 4 aliphatic heterocycles. The second kappa shape index (κ2) is 5.00. The molecular weight excluding hydrogens is 332 g/mol. The van der Waals surface area contributed by atoms with Gasteiger partial charge in [0.25, 0.3) is 0 Å². The van der Waals surface area contributed by atoms with E-state index in [9.17, 15) is 9.90 Å². The molecule has 6 heteroatoms. The van der Waals surface area contributed by atoms with Gasteiger partial charge in [-0.05, 0) is 45.4 Å². The topological polar surface area (TPSA) is 62.2 Å². The minimum atomic E-state index is -0.690. The fourth-order valence-electron chi connectivity index (χ4n) is 6.70. The zero-order valence-electron chi connectivity index (χ0n) is 15.7. The van der Waals surface area contributed by atoms with Crippen LogP contribution in [0.5, 0.6) is 5.75 Å². The summed E-state index contributed by atoms with van der Waals surface area (Å²) in [5.74, 6) is -0.150. The first-order valence-electron chi connectivity index (χ1n) is 9.35. The third kappa shape index (κ3) is 1.71. The lowest BCUT2D eigenvalue weighted by atomic mass is 9.68. The van der Waals surface area contributed by atoms with Crippen LogP contribution in [0.1, 0.15) is 31.4 Å². The maximum absolute atomic E-state index is 12.0. The SMILES string of the molecule is COc1cccc2c1[C@]1(C)COC3C4CC(C(=O)O)C(N4C)[C@](C)(C2)N31. The van der Waals surface area contributed by atoms with Gasteiger partial charge in [-0.25, -0.2) is 0 Å². The van der Waals surface area contributed by atoms with Crippen molar-refractivity contribution in [1.82, 2.24) is 9.80 Å². The second-order valence-electron chi connectivity index (χ2n) is 8.73. The Morgan fingerprint density at radius 1 is 1.38 bits per heavy atom. The standard InChI is InChI=1S/C20H26N2O4/c1-19-9-11-6-5-7-14(25-4)15(11)20(2)10-26-17(22(19)20)13-8-12(18(23)24)16(19)21(13)3/h5-7,12-13,16-17H,8-10H2,1-4H3,(H,23,24)/t12?,13?,16?,17?,19-,20-/m0/s1. The number of hydrogen-bond donors (Lipinski definition) is 1. The first-order chi connectivity index (χ1) is 12.3.